The molecule has 0 aromatic carbocycles. The second kappa shape index (κ2) is 6.23. The molecule has 0 saturated heterocycles. The van der Waals surface area contributed by atoms with Crippen molar-refractivity contribution in [1.82, 2.24) is 14.8 Å². The summed E-state index contributed by atoms with van der Waals surface area (Å²) in [5.41, 5.74) is 1.03. The van der Waals surface area contributed by atoms with Gasteiger partial charge in [-0.05, 0) is 42.5 Å². The zero-order valence-electron chi connectivity index (χ0n) is 10.3. The standard InChI is InChI=1S/C11H12IN3O2S2/c1-6(2)15-10(7-3-8(12)18-4-7)13-14-11(15)19-5-9(16)17/h3-4,6H,5H2,1-2H3,(H,16,17). The van der Waals surface area contributed by atoms with Gasteiger partial charge in [-0.2, -0.15) is 0 Å². The Bertz CT molecular complexity index is 595. The van der Waals surface area contributed by atoms with Gasteiger partial charge < -0.3 is 5.11 Å². The van der Waals surface area contributed by atoms with Crippen molar-refractivity contribution in [1.29, 1.82) is 0 Å². The normalized spacial score (nSPS) is 11.2. The van der Waals surface area contributed by atoms with Crippen molar-refractivity contribution in [2.24, 2.45) is 0 Å². The van der Waals surface area contributed by atoms with Crippen LogP contribution in [0.1, 0.15) is 19.9 Å². The van der Waals surface area contributed by atoms with Gasteiger partial charge in [0, 0.05) is 17.0 Å². The molecule has 0 aliphatic carbocycles. The highest BCUT2D eigenvalue weighted by atomic mass is 127. The molecular formula is C11H12IN3O2S2. The van der Waals surface area contributed by atoms with Gasteiger partial charge in [-0.3, -0.25) is 9.36 Å². The first kappa shape index (κ1) is 14.8. The van der Waals surface area contributed by atoms with Gasteiger partial charge in [0.2, 0.25) is 0 Å². The van der Waals surface area contributed by atoms with Gasteiger partial charge >= 0.3 is 5.97 Å². The Morgan fingerprint density at radius 3 is 2.84 bits per heavy atom. The van der Waals surface area contributed by atoms with E-state index in [-0.39, 0.29) is 11.8 Å². The van der Waals surface area contributed by atoms with Crippen LogP contribution in [0.3, 0.4) is 0 Å². The summed E-state index contributed by atoms with van der Waals surface area (Å²) >= 11 is 5.12. The number of rotatable bonds is 5. The molecule has 2 aromatic rings. The van der Waals surface area contributed by atoms with Crippen LogP contribution >= 0.6 is 45.7 Å². The van der Waals surface area contributed by atoms with Crippen molar-refractivity contribution in [3.8, 4) is 11.4 Å². The highest BCUT2D eigenvalue weighted by molar-refractivity contribution is 14.1. The molecule has 2 rings (SSSR count). The van der Waals surface area contributed by atoms with E-state index in [9.17, 15) is 4.79 Å². The van der Waals surface area contributed by atoms with E-state index in [1.54, 1.807) is 11.3 Å². The summed E-state index contributed by atoms with van der Waals surface area (Å²) in [5, 5.41) is 19.7. The van der Waals surface area contributed by atoms with Crippen molar-refractivity contribution in [2.75, 3.05) is 5.75 Å². The van der Waals surface area contributed by atoms with Gasteiger partial charge in [0.1, 0.15) is 0 Å². The molecule has 0 amide bonds. The summed E-state index contributed by atoms with van der Waals surface area (Å²) in [6.45, 7) is 4.07. The summed E-state index contributed by atoms with van der Waals surface area (Å²) < 4.78 is 3.16. The van der Waals surface area contributed by atoms with Crippen LogP contribution in [-0.2, 0) is 4.79 Å². The number of aliphatic carboxylic acids is 1. The Morgan fingerprint density at radius 1 is 1.58 bits per heavy atom. The minimum absolute atomic E-state index is 0.00791. The van der Waals surface area contributed by atoms with Crippen molar-refractivity contribution < 1.29 is 9.90 Å². The van der Waals surface area contributed by atoms with Crippen LogP contribution < -0.4 is 0 Å². The lowest BCUT2D eigenvalue weighted by molar-refractivity contribution is -0.133. The Labute approximate surface area is 132 Å². The maximum absolute atomic E-state index is 10.7. The number of hydrogen-bond acceptors (Lipinski definition) is 5. The summed E-state index contributed by atoms with van der Waals surface area (Å²) in [7, 11) is 0. The second-order valence-electron chi connectivity index (χ2n) is 4.09. The number of aromatic nitrogens is 3. The third kappa shape index (κ3) is 3.48. The predicted molar refractivity (Wildman–Crippen MR) is 84.8 cm³/mol. The number of hydrogen-bond donors (Lipinski definition) is 1. The van der Waals surface area contributed by atoms with Gasteiger partial charge in [0.25, 0.3) is 0 Å². The maximum atomic E-state index is 10.7. The van der Waals surface area contributed by atoms with Crippen LogP contribution in [0.4, 0.5) is 0 Å². The number of thiophene rings is 1. The van der Waals surface area contributed by atoms with Gasteiger partial charge in [0.15, 0.2) is 11.0 Å². The molecule has 0 saturated carbocycles. The van der Waals surface area contributed by atoms with Crippen molar-refractivity contribution in [3.05, 3.63) is 14.3 Å². The highest BCUT2D eigenvalue weighted by Gasteiger charge is 2.18. The second-order valence-corrected chi connectivity index (χ2v) is 7.84. The van der Waals surface area contributed by atoms with Crippen LogP contribution in [-0.4, -0.2) is 31.6 Å². The van der Waals surface area contributed by atoms with Crippen molar-refractivity contribution >= 4 is 51.7 Å². The maximum Gasteiger partial charge on any atom is 0.313 e. The Kier molecular flexibility index (Phi) is 4.85. The molecule has 0 fully saturated rings. The van der Waals surface area contributed by atoms with E-state index in [4.69, 9.17) is 5.11 Å². The summed E-state index contributed by atoms with van der Waals surface area (Å²) in [6, 6.07) is 2.23. The van der Waals surface area contributed by atoms with Crippen LogP contribution in [0, 0.1) is 2.88 Å². The summed E-state index contributed by atoms with van der Waals surface area (Å²) in [4.78, 5) is 10.7. The minimum atomic E-state index is -0.852. The molecule has 0 unspecified atom stereocenters. The topological polar surface area (TPSA) is 68.0 Å². The zero-order valence-corrected chi connectivity index (χ0v) is 14.1. The Morgan fingerprint density at radius 2 is 2.32 bits per heavy atom. The van der Waals surface area contributed by atoms with E-state index in [0.29, 0.717) is 5.16 Å². The fraction of sp³-hybridized carbons (Fsp3) is 0.364. The molecular weight excluding hydrogens is 397 g/mol. The molecule has 0 aliphatic heterocycles. The molecule has 0 aliphatic rings. The summed E-state index contributed by atoms with van der Waals surface area (Å²) in [5.74, 6) is -0.0663. The van der Waals surface area contributed by atoms with Crippen LogP contribution in [0.2, 0.25) is 0 Å². The third-order valence-electron chi connectivity index (χ3n) is 2.33. The number of halogens is 1. The monoisotopic (exact) mass is 409 g/mol. The lowest BCUT2D eigenvalue weighted by Crippen LogP contribution is -2.06. The van der Waals surface area contributed by atoms with E-state index in [0.717, 1.165) is 11.4 Å². The molecule has 0 bridgehead atoms. The van der Waals surface area contributed by atoms with E-state index in [1.807, 2.05) is 23.8 Å². The summed E-state index contributed by atoms with van der Waals surface area (Å²) in [6.07, 6.45) is 0. The van der Waals surface area contributed by atoms with Crippen LogP contribution in [0.5, 0.6) is 0 Å². The number of carboxylic acids is 1. The largest absolute Gasteiger partial charge is 0.481 e. The molecule has 8 heteroatoms. The lowest BCUT2D eigenvalue weighted by atomic mass is 10.3. The fourth-order valence-corrected chi connectivity index (χ4v) is 3.70. The smallest absolute Gasteiger partial charge is 0.313 e. The molecule has 0 radical (unpaired) electrons. The first-order chi connectivity index (χ1) is 8.99. The number of carboxylic acid groups (broad SMARTS) is 1. The van der Waals surface area contributed by atoms with Crippen molar-refractivity contribution in [2.45, 2.75) is 25.0 Å². The first-order valence-electron chi connectivity index (χ1n) is 5.53. The zero-order chi connectivity index (χ0) is 14.0. The van der Waals surface area contributed by atoms with Gasteiger partial charge in [-0.25, -0.2) is 0 Å². The van der Waals surface area contributed by atoms with Crippen LogP contribution in [0.15, 0.2) is 16.6 Å². The van der Waals surface area contributed by atoms with E-state index < -0.39 is 5.97 Å². The van der Waals surface area contributed by atoms with Crippen molar-refractivity contribution in [3.63, 3.8) is 0 Å². The third-order valence-corrected chi connectivity index (χ3v) is 5.05. The van der Waals surface area contributed by atoms with Gasteiger partial charge in [0.05, 0.1) is 8.64 Å². The predicted octanol–water partition coefficient (Wildman–Crippen LogP) is 3.37. The first-order valence-corrected chi connectivity index (χ1v) is 8.47. The Hall–Kier alpha value is -0.610. The highest BCUT2D eigenvalue weighted by Crippen LogP contribution is 2.30. The van der Waals surface area contributed by atoms with Crippen LogP contribution in [0.25, 0.3) is 11.4 Å². The molecule has 19 heavy (non-hydrogen) atoms. The minimum Gasteiger partial charge on any atom is -0.481 e. The number of carbonyl (C=O) groups is 1. The molecule has 1 N–H and O–H groups in total. The molecule has 0 spiro atoms. The van der Waals surface area contributed by atoms with E-state index in [1.165, 1.54) is 14.6 Å². The molecule has 0 atom stereocenters. The lowest BCUT2D eigenvalue weighted by Gasteiger charge is -2.12. The van der Waals surface area contributed by atoms with E-state index in [2.05, 4.69) is 38.9 Å². The number of thioether (sulfide) groups is 1. The van der Waals surface area contributed by atoms with Gasteiger partial charge in [-0.1, -0.05) is 11.8 Å². The average molecular weight is 409 g/mol. The molecule has 2 aromatic heterocycles. The average Bonchev–Trinajstić information content (AvgIpc) is 2.91. The molecule has 102 valence electrons. The molecule has 5 nitrogen and oxygen atoms in total. The SMILES string of the molecule is CC(C)n1c(SCC(=O)O)nnc1-c1csc(I)c1. The van der Waals surface area contributed by atoms with Gasteiger partial charge in [-0.15, -0.1) is 21.5 Å². The fourth-order valence-electron chi connectivity index (χ4n) is 1.59. The molecule has 2 heterocycles. The Balaban J connectivity index is 2.37. The van der Waals surface area contributed by atoms with E-state index >= 15 is 0 Å². The number of nitrogens with zero attached hydrogens (tertiary/aromatic N) is 3. The quantitative estimate of drug-likeness (QED) is 0.606.